The average molecular weight is 417 g/mol. The summed E-state index contributed by atoms with van der Waals surface area (Å²) in [4.78, 5) is 20.1. The number of nitrogens with one attached hydrogen (secondary N) is 2. The lowest BCUT2D eigenvalue weighted by Gasteiger charge is -2.28. The molecule has 158 valence electrons. The third kappa shape index (κ3) is 5.56. The fraction of sp³-hybridized carbons (Fsp3) is 0.545. The molecule has 1 aromatic heterocycles. The number of fused-ring (bicyclic) bond motifs is 1. The van der Waals surface area contributed by atoms with E-state index in [4.69, 9.17) is 17.0 Å². The Balaban J connectivity index is 1.80. The standard InChI is InChI=1S/C22H32N4O2S/c1-15-7-8-16(2)20-19(15)12-17(21(27)24-20)14-26(10-9-25(3)4)22(29)23-13-18-6-5-11-28-18/h7-8,12,18H,5-6,9-11,13-14H2,1-4H3,(H,23,29)(H,24,27)/t18-/m1/s1. The van der Waals surface area contributed by atoms with E-state index in [1.807, 2.05) is 33.2 Å². The van der Waals surface area contributed by atoms with E-state index in [0.29, 0.717) is 18.2 Å². The number of aromatic nitrogens is 1. The molecule has 2 aromatic rings. The summed E-state index contributed by atoms with van der Waals surface area (Å²) in [5.74, 6) is 0. The lowest BCUT2D eigenvalue weighted by Crippen LogP contribution is -2.45. The van der Waals surface area contributed by atoms with Crippen LogP contribution in [0.25, 0.3) is 10.9 Å². The molecule has 0 saturated carbocycles. The molecular weight excluding hydrogens is 384 g/mol. The molecule has 2 N–H and O–H groups in total. The number of nitrogens with zero attached hydrogens (tertiary/aromatic N) is 2. The number of aryl methyl sites for hydroxylation is 2. The second kappa shape index (κ2) is 9.69. The van der Waals surface area contributed by atoms with Gasteiger partial charge in [0, 0.05) is 37.2 Å². The molecule has 1 saturated heterocycles. The molecular formula is C22H32N4O2S. The van der Waals surface area contributed by atoms with Gasteiger partial charge in [-0.15, -0.1) is 0 Å². The molecule has 0 aliphatic carbocycles. The number of hydrogen-bond acceptors (Lipinski definition) is 4. The lowest BCUT2D eigenvalue weighted by molar-refractivity contribution is 0.113. The Morgan fingerprint density at radius 1 is 1.28 bits per heavy atom. The van der Waals surface area contributed by atoms with Crippen molar-refractivity contribution in [2.24, 2.45) is 0 Å². The van der Waals surface area contributed by atoms with Crippen molar-refractivity contribution in [2.45, 2.75) is 39.3 Å². The van der Waals surface area contributed by atoms with E-state index in [9.17, 15) is 4.79 Å². The first-order valence-electron chi connectivity index (χ1n) is 10.3. The molecule has 1 aliphatic heterocycles. The summed E-state index contributed by atoms with van der Waals surface area (Å²) in [5, 5.41) is 5.10. The van der Waals surface area contributed by atoms with Crippen molar-refractivity contribution in [1.82, 2.24) is 20.1 Å². The SMILES string of the molecule is Cc1ccc(C)c2[nH]c(=O)c(CN(CCN(C)C)C(=S)NC[C@H]3CCCO3)cc12. The van der Waals surface area contributed by atoms with Gasteiger partial charge in [-0.05, 0) is 70.2 Å². The van der Waals surface area contributed by atoms with Gasteiger partial charge in [0.1, 0.15) is 0 Å². The van der Waals surface area contributed by atoms with Gasteiger partial charge in [0.25, 0.3) is 5.56 Å². The van der Waals surface area contributed by atoms with E-state index in [1.165, 1.54) is 0 Å². The van der Waals surface area contributed by atoms with E-state index in [0.717, 1.165) is 60.1 Å². The maximum absolute atomic E-state index is 12.8. The fourth-order valence-electron chi connectivity index (χ4n) is 3.63. The second-order valence-corrected chi connectivity index (χ2v) is 8.54. The van der Waals surface area contributed by atoms with Gasteiger partial charge in [-0.3, -0.25) is 4.79 Å². The van der Waals surface area contributed by atoms with Crippen LogP contribution < -0.4 is 10.9 Å². The number of thiocarbonyl (C=S) groups is 1. The number of rotatable bonds is 7. The van der Waals surface area contributed by atoms with Crippen molar-refractivity contribution in [3.05, 3.63) is 45.2 Å². The quantitative estimate of drug-likeness (QED) is 0.677. The molecule has 0 bridgehead atoms. The van der Waals surface area contributed by atoms with Crippen LogP contribution in [0, 0.1) is 13.8 Å². The van der Waals surface area contributed by atoms with Crippen molar-refractivity contribution in [1.29, 1.82) is 0 Å². The minimum Gasteiger partial charge on any atom is -0.376 e. The van der Waals surface area contributed by atoms with Crippen LogP contribution in [0.1, 0.15) is 29.5 Å². The Kier molecular flexibility index (Phi) is 7.27. The van der Waals surface area contributed by atoms with E-state index in [1.54, 1.807) is 0 Å². The van der Waals surface area contributed by atoms with Crippen LogP contribution in [-0.4, -0.2) is 66.3 Å². The molecule has 6 nitrogen and oxygen atoms in total. The molecule has 0 radical (unpaired) electrons. The normalized spacial score (nSPS) is 16.5. The van der Waals surface area contributed by atoms with Gasteiger partial charge in [0.2, 0.25) is 0 Å². The van der Waals surface area contributed by atoms with Crippen LogP contribution in [0.3, 0.4) is 0 Å². The Hall–Kier alpha value is -1.96. The molecule has 7 heteroatoms. The molecule has 2 heterocycles. The van der Waals surface area contributed by atoms with Crippen LogP contribution in [0.5, 0.6) is 0 Å². The lowest BCUT2D eigenvalue weighted by atomic mass is 10.0. The molecule has 1 atom stereocenters. The number of likely N-dealkylation sites (N-methyl/N-ethyl adjacent to an activating group) is 1. The molecule has 1 fully saturated rings. The molecule has 1 aliphatic rings. The molecule has 3 rings (SSSR count). The van der Waals surface area contributed by atoms with Gasteiger partial charge < -0.3 is 24.8 Å². The summed E-state index contributed by atoms with van der Waals surface area (Å²) in [5.41, 5.74) is 3.82. The molecule has 0 unspecified atom stereocenters. The summed E-state index contributed by atoms with van der Waals surface area (Å²) < 4.78 is 5.69. The van der Waals surface area contributed by atoms with Crippen molar-refractivity contribution in [3.8, 4) is 0 Å². The van der Waals surface area contributed by atoms with Gasteiger partial charge >= 0.3 is 0 Å². The van der Waals surface area contributed by atoms with Crippen molar-refractivity contribution >= 4 is 28.2 Å². The first-order valence-corrected chi connectivity index (χ1v) is 10.7. The van der Waals surface area contributed by atoms with Gasteiger partial charge in [0.15, 0.2) is 5.11 Å². The molecule has 1 aromatic carbocycles. The Morgan fingerprint density at radius 3 is 2.72 bits per heavy atom. The predicted octanol–water partition coefficient (Wildman–Crippen LogP) is 2.56. The van der Waals surface area contributed by atoms with Crippen LogP contribution >= 0.6 is 12.2 Å². The maximum Gasteiger partial charge on any atom is 0.253 e. The van der Waals surface area contributed by atoms with Gasteiger partial charge in [-0.1, -0.05) is 12.1 Å². The van der Waals surface area contributed by atoms with Gasteiger partial charge in [0.05, 0.1) is 18.2 Å². The number of H-pyrrole nitrogens is 1. The Bertz CT molecular complexity index is 919. The molecule has 29 heavy (non-hydrogen) atoms. The summed E-state index contributed by atoms with van der Waals surface area (Å²) in [6.07, 6.45) is 2.39. The highest BCUT2D eigenvalue weighted by Crippen LogP contribution is 2.20. The average Bonchev–Trinajstić information content (AvgIpc) is 3.20. The number of pyridine rings is 1. The molecule has 0 spiro atoms. The van der Waals surface area contributed by atoms with E-state index in [-0.39, 0.29) is 11.7 Å². The summed E-state index contributed by atoms with van der Waals surface area (Å²) in [7, 11) is 4.08. The van der Waals surface area contributed by atoms with E-state index < -0.39 is 0 Å². The zero-order valence-corrected chi connectivity index (χ0v) is 18.7. The summed E-state index contributed by atoms with van der Waals surface area (Å²) >= 11 is 5.68. The monoisotopic (exact) mass is 416 g/mol. The van der Waals surface area contributed by atoms with E-state index >= 15 is 0 Å². The zero-order valence-electron chi connectivity index (χ0n) is 17.9. The van der Waals surface area contributed by atoms with Crippen molar-refractivity contribution in [2.75, 3.05) is 40.3 Å². The predicted molar refractivity (Wildman–Crippen MR) is 123 cm³/mol. The van der Waals surface area contributed by atoms with Crippen LogP contribution in [0.2, 0.25) is 0 Å². The number of benzene rings is 1. The minimum absolute atomic E-state index is 0.0528. The number of ether oxygens (including phenoxy) is 1. The summed E-state index contributed by atoms with van der Waals surface area (Å²) in [6, 6.07) is 6.15. The number of aromatic amines is 1. The van der Waals surface area contributed by atoms with E-state index in [2.05, 4.69) is 33.1 Å². The summed E-state index contributed by atoms with van der Waals surface area (Å²) in [6.45, 7) is 7.70. The highest BCUT2D eigenvalue weighted by molar-refractivity contribution is 7.80. The van der Waals surface area contributed by atoms with Crippen molar-refractivity contribution in [3.63, 3.8) is 0 Å². The van der Waals surface area contributed by atoms with Crippen LogP contribution in [-0.2, 0) is 11.3 Å². The number of hydrogen-bond donors (Lipinski definition) is 2. The highest BCUT2D eigenvalue weighted by atomic mass is 32.1. The Morgan fingerprint density at radius 2 is 2.03 bits per heavy atom. The third-order valence-electron chi connectivity index (χ3n) is 5.49. The topological polar surface area (TPSA) is 60.6 Å². The smallest absolute Gasteiger partial charge is 0.253 e. The third-order valence-corrected chi connectivity index (χ3v) is 5.89. The highest BCUT2D eigenvalue weighted by Gasteiger charge is 2.18. The molecule has 0 amide bonds. The van der Waals surface area contributed by atoms with Crippen LogP contribution in [0.4, 0.5) is 0 Å². The second-order valence-electron chi connectivity index (χ2n) is 8.16. The van der Waals surface area contributed by atoms with Gasteiger partial charge in [-0.2, -0.15) is 0 Å². The first-order chi connectivity index (χ1) is 13.8. The van der Waals surface area contributed by atoms with Crippen molar-refractivity contribution < 1.29 is 4.74 Å². The Labute approximate surface area is 178 Å². The zero-order chi connectivity index (χ0) is 21.0. The largest absolute Gasteiger partial charge is 0.376 e. The first kappa shape index (κ1) is 21.7. The van der Waals surface area contributed by atoms with Gasteiger partial charge in [-0.25, -0.2) is 0 Å². The maximum atomic E-state index is 12.8. The van der Waals surface area contributed by atoms with Crippen LogP contribution in [0.15, 0.2) is 23.0 Å². The minimum atomic E-state index is -0.0528. The fourth-order valence-corrected chi connectivity index (χ4v) is 3.87.